The van der Waals surface area contributed by atoms with Gasteiger partial charge < -0.3 is 10.1 Å². The zero-order chi connectivity index (χ0) is 19.2. The van der Waals surface area contributed by atoms with E-state index in [1.54, 1.807) is 36.0 Å². The second kappa shape index (κ2) is 8.98. The molecule has 138 valence electrons. The van der Waals surface area contributed by atoms with Gasteiger partial charge >= 0.3 is 0 Å². The van der Waals surface area contributed by atoms with Crippen molar-refractivity contribution in [2.75, 3.05) is 11.9 Å². The van der Waals surface area contributed by atoms with Crippen molar-refractivity contribution in [3.05, 3.63) is 82.9 Å². The van der Waals surface area contributed by atoms with Gasteiger partial charge in [0.25, 0.3) is 5.91 Å². The molecule has 0 heterocycles. The summed E-state index contributed by atoms with van der Waals surface area (Å²) in [5, 5.41) is 3.41. The molecule has 3 aromatic rings. The fourth-order valence-electron chi connectivity index (χ4n) is 2.45. The first-order valence-corrected chi connectivity index (χ1v) is 9.72. The maximum Gasteiger partial charge on any atom is 0.262 e. The molecular weight excluding hydrogens is 378 g/mol. The van der Waals surface area contributed by atoms with Crippen molar-refractivity contribution < 1.29 is 9.53 Å². The largest absolute Gasteiger partial charge is 0.484 e. The molecule has 0 spiro atoms. The van der Waals surface area contributed by atoms with Gasteiger partial charge in [-0.2, -0.15) is 0 Å². The Morgan fingerprint density at radius 1 is 1.04 bits per heavy atom. The highest BCUT2D eigenvalue weighted by Gasteiger charge is 2.06. The summed E-state index contributed by atoms with van der Waals surface area (Å²) < 4.78 is 5.45. The van der Waals surface area contributed by atoms with E-state index in [4.69, 9.17) is 16.3 Å². The lowest BCUT2D eigenvalue weighted by Crippen LogP contribution is -2.20. The quantitative estimate of drug-likeness (QED) is 0.544. The summed E-state index contributed by atoms with van der Waals surface area (Å²) in [5.41, 5.74) is 3.23. The van der Waals surface area contributed by atoms with Crippen molar-refractivity contribution in [1.82, 2.24) is 0 Å². The Balaban J connectivity index is 1.55. The summed E-state index contributed by atoms with van der Waals surface area (Å²) in [6.07, 6.45) is 0. The lowest BCUT2D eigenvalue weighted by atomic mass is 10.2. The summed E-state index contributed by atoms with van der Waals surface area (Å²) in [7, 11) is 0. The monoisotopic (exact) mass is 397 g/mol. The summed E-state index contributed by atoms with van der Waals surface area (Å²) in [4.78, 5) is 14.4. The number of halogens is 1. The number of anilines is 1. The molecule has 0 radical (unpaired) electrons. The fourth-order valence-corrected chi connectivity index (χ4v) is 3.63. The fraction of sp³-hybridized carbons (Fsp3) is 0.136. The molecule has 0 aliphatic heterocycles. The Labute approximate surface area is 168 Å². The van der Waals surface area contributed by atoms with Crippen LogP contribution in [0.25, 0.3) is 0 Å². The van der Waals surface area contributed by atoms with Gasteiger partial charge in [-0.25, -0.2) is 0 Å². The van der Waals surface area contributed by atoms with E-state index in [1.807, 2.05) is 24.3 Å². The molecule has 3 aromatic carbocycles. The number of ether oxygens (including phenoxy) is 1. The Hall–Kier alpha value is -2.43. The third-order valence-electron chi connectivity index (χ3n) is 3.88. The van der Waals surface area contributed by atoms with Gasteiger partial charge in [0.1, 0.15) is 5.75 Å². The van der Waals surface area contributed by atoms with E-state index < -0.39 is 0 Å². The zero-order valence-corrected chi connectivity index (χ0v) is 16.7. The zero-order valence-electron chi connectivity index (χ0n) is 15.2. The van der Waals surface area contributed by atoms with Crippen LogP contribution in [0.5, 0.6) is 5.75 Å². The number of nitrogens with one attached hydrogen (secondary N) is 1. The van der Waals surface area contributed by atoms with E-state index in [0.29, 0.717) is 10.8 Å². The van der Waals surface area contributed by atoms with Crippen LogP contribution in [0.2, 0.25) is 5.02 Å². The molecule has 27 heavy (non-hydrogen) atoms. The van der Waals surface area contributed by atoms with Crippen molar-refractivity contribution in [3.8, 4) is 5.75 Å². The topological polar surface area (TPSA) is 38.3 Å². The highest BCUT2D eigenvalue weighted by molar-refractivity contribution is 7.99. The molecular formula is C22H20ClNO2S. The molecule has 0 unspecified atom stereocenters. The molecule has 0 saturated heterocycles. The maximum atomic E-state index is 12.1. The molecule has 0 fully saturated rings. The van der Waals surface area contributed by atoms with Gasteiger partial charge in [-0.05, 0) is 73.5 Å². The average molecular weight is 398 g/mol. The van der Waals surface area contributed by atoms with E-state index in [2.05, 4.69) is 37.4 Å². The van der Waals surface area contributed by atoms with Crippen LogP contribution in [0, 0.1) is 13.8 Å². The minimum Gasteiger partial charge on any atom is -0.484 e. The first-order valence-electron chi connectivity index (χ1n) is 8.53. The Morgan fingerprint density at radius 3 is 2.56 bits per heavy atom. The first kappa shape index (κ1) is 19.3. The van der Waals surface area contributed by atoms with Gasteiger partial charge in [-0.3, -0.25) is 4.79 Å². The smallest absolute Gasteiger partial charge is 0.262 e. The summed E-state index contributed by atoms with van der Waals surface area (Å²) >= 11 is 7.61. The number of rotatable bonds is 6. The lowest BCUT2D eigenvalue weighted by Gasteiger charge is -2.09. The molecule has 0 atom stereocenters. The molecule has 1 N–H and O–H groups in total. The molecule has 0 saturated carbocycles. The van der Waals surface area contributed by atoms with Crippen LogP contribution in [-0.2, 0) is 4.79 Å². The molecule has 0 aromatic heterocycles. The number of hydrogen-bond acceptors (Lipinski definition) is 3. The Morgan fingerprint density at radius 2 is 1.81 bits per heavy atom. The highest BCUT2D eigenvalue weighted by Crippen LogP contribution is 2.31. The summed E-state index contributed by atoms with van der Waals surface area (Å²) in [6.45, 7) is 4.13. The molecule has 0 bridgehead atoms. The Bertz CT molecular complexity index is 941. The third kappa shape index (κ3) is 5.78. The predicted molar refractivity (Wildman–Crippen MR) is 112 cm³/mol. The van der Waals surface area contributed by atoms with Gasteiger partial charge in [-0.15, -0.1) is 0 Å². The van der Waals surface area contributed by atoms with Crippen molar-refractivity contribution in [2.45, 2.75) is 23.6 Å². The normalized spacial score (nSPS) is 10.5. The van der Waals surface area contributed by atoms with Gasteiger partial charge in [0, 0.05) is 20.5 Å². The van der Waals surface area contributed by atoms with E-state index in [9.17, 15) is 4.79 Å². The maximum absolute atomic E-state index is 12.1. The van der Waals surface area contributed by atoms with Gasteiger partial charge in [0.05, 0.1) is 0 Å². The molecule has 0 aliphatic carbocycles. The van der Waals surface area contributed by atoms with Crippen LogP contribution in [0.1, 0.15) is 11.1 Å². The van der Waals surface area contributed by atoms with Gasteiger partial charge in [0.2, 0.25) is 0 Å². The lowest BCUT2D eigenvalue weighted by molar-refractivity contribution is -0.118. The Kier molecular flexibility index (Phi) is 6.43. The second-order valence-corrected chi connectivity index (χ2v) is 7.74. The van der Waals surface area contributed by atoms with E-state index >= 15 is 0 Å². The number of hydrogen-bond donors (Lipinski definition) is 1. The van der Waals surface area contributed by atoms with Crippen molar-refractivity contribution in [1.29, 1.82) is 0 Å². The number of carbonyl (C=O) groups excluding carboxylic acids is 1. The van der Waals surface area contributed by atoms with Crippen LogP contribution >= 0.6 is 23.4 Å². The van der Waals surface area contributed by atoms with Gasteiger partial charge in [-0.1, -0.05) is 41.6 Å². The molecule has 3 nitrogen and oxygen atoms in total. The van der Waals surface area contributed by atoms with Crippen molar-refractivity contribution >= 4 is 35.0 Å². The van der Waals surface area contributed by atoms with E-state index in [0.717, 1.165) is 10.6 Å². The standard InChI is InChI=1S/C22H20ClNO2S/c1-15-6-7-16(2)21(12-15)27-20-10-8-18(9-11-20)24-22(25)14-26-19-5-3-4-17(23)13-19/h3-13H,14H2,1-2H3,(H,24,25). The number of aryl methyl sites for hydroxylation is 2. The first-order chi connectivity index (χ1) is 13.0. The average Bonchev–Trinajstić information content (AvgIpc) is 2.65. The van der Waals surface area contributed by atoms with Crippen LogP contribution in [0.3, 0.4) is 0 Å². The molecule has 1 amide bonds. The van der Waals surface area contributed by atoms with Gasteiger partial charge in [0.15, 0.2) is 6.61 Å². The van der Waals surface area contributed by atoms with Crippen LogP contribution in [0.15, 0.2) is 76.5 Å². The van der Waals surface area contributed by atoms with Crippen molar-refractivity contribution in [3.63, 3.8) is 0 Å². The van der Waals surface area contributed by atoms with E-state index in [1.165, 1.54) is 16.0 Å². The highest BCUT2D eigenvalue weighted by atomic mass is 35.5. The third-order valence-corrected chi connectivity index (χ3v) is 5.28. The SMILES string of the molecule is Cc1ccc(C)c(Sc2ccc(NC(=O)COc3cccc(Cl)c3)cc2)c1. The minimum atomic E-state index is -0.218. The van der Waals surface area contributed by atoms with Crippen LogP contribution in [0.4, 0.5) is 5.69 Å². The van der Waals surface area contributed by atoms with Crippen molar-refractivity contribution in [2.24, 2.45) is 0 Å². The van der Waals surface area contributed by atoms with Crippen LogP contribution in [-0.4, -0.2) is 12.5 Å². The molecule has 3 rings (SSSR count). The molecule has 5 heteroatoms. The molecule has 0 aliphatic rings. The number of carbonyl (C=O) groups is 1. The minimum absolute atomic E-state index is 0.0701. The second-order valence-electron chi connectivity index (χ2n) is 6.19. The number of amides is 1. The summed E-state index contributed by atoms with van der Waals surface area (Å²) in [5.74, 6) is 0.350. The summed E-state index contributed by atoms with van der Waals surface area (Å²) in [6, 6.07) is 21.2. The van der Waals surface area contributed by atoms with Crippen LogP contribution < -0.4 is 10.1 Å². The van der Waals surface area contributed by atoms with E-state index in [-0.39, 0.29) is 12.5 Å². The number of benzene rings is 3. The predicted octanol–water partition coefficient (Wildman–Crippen LogP) is 6.13.